The van der Waals surface area contributed by atoms with Crippen molar-refractivity contribution in [3.63, 3.8) is 0 Å². The molecule has 5 unspecified atom stereocenters. The predicted octanol–water partition coefficient (Wildman–Crippen LogP) is 7.27. The first-order valence-electron chi connectivity index (χ1n) is 18.1. The molecule has 0 radical (unpaired) electrons. The summed E-state index contributed by atoms with van der Waals surface area (Å²) in [6.45, 7) is 15.2. The second kappa shape index (κ2) is 9.75. The maximum atomic E-state index is 12.8. The molecule has 2 spiro atoms. The molecular weight excluding hydrogens is 540 g/mol. The summed E-state index contributed by atoms with van der Waals surface area (Å²) in [5.41, 5.74) is 1.34. The number of hydrogen-bond acceptors (Lipinski definition) is 5. The van der Waals surface area contributed by atoms with E-state index < -0.39 is 0 Å². The minimum atomic E-state index is -0.162. The van der Waals surface area contributed by atoms with Crippen LogP contribution in [-0.2, 0) is 14.2 Å². The van der Waals surface area contributed by atoms with Gasteiger partial charge in [0.2, 0.25) is 0 Å². The predicted molar refractivity (Wildman–Crippen MR) is 163 cm³/mol. The largest absolute Gasteiger partial charge is 0.446 e. The van der Waals surface area contributed by atoms with E-state index in [9.17, 15) is 9.59 Å². The van der Waals surface area contributed by atoms with Gasteiger partial charge in [-0.25, -0.2) is 9.59 Å². The van der Waals surface area contributed by atoms with Crippen LogP contribution in [0.15, 0.2) is 0 Å². The third-order valence-corrected chi connectivity index (χ3v) is 15.3. The fourth-order valence-electron chi connectivity index (χ4n) is 12.7. The Morgan fingerprint density at radius 3 is 2.16 bits per heavy atom. The van der Waals surface area contributed by atoms with E-state index in [4.69, 9.17) is 14.2 Å². The normalized spacial score (nSPS) is 47.9. The standard InChI is InChI=1S/C36H56N2O5/c1-22(2)30(43-32(40)38-18-7-19-38)26-10-8-24-27(41-26)20-25-23-9-11-28-33(3,4)29(42-31(39)37-16-6-17-37)12-13-36(28)21-35(23,36)15-14-34(24,25)5/h22-30H,6-21H2,1-5H3/t23?,24?,25?,26?,27?,28-,29-,30+,34+,35-,36+/m0/s1. The minimum absolute atomic E-state index is 0.0160. The molecule has 8 aliphatic rings. The van der Waals surface area contributed by atoms with E-state index in [0.717, 1.165) is 63.7 Å². The summed E-state index contributed by atoms with van der Waals surface area (Å²) >= 11 is 0. The van der Waals surface area contributed by atoms with Crippen molar-refractivity contribution in [2.24, 2.45) is 51.2 Å². The number of likely N-dealkylation sites (tertiary alicyclic amines) is 2. The van der Waals surface area contributed by atoms with E-state index in [0.29, 0.717) is 34.2 Å². The molecule has 0 N–H and O–H groups in total. The summed E-state index contributed by atoms with van der Waals surface area (Å²) < 4.78 is 19.4. The monoisotopic (exact) mass is 596 g/mol. The fraction of sp³-hybridized carbons (Fsp3) is 0.944. The van der Waals surface area contributed by atoms with Crippen molar-refractivity contribution in [3.8, 4) is 0 Å². The maximum absolute atomic E-state index is 12.8. The minimum Gasteiger partial charge on any atom is -0.446 e. The lowest BCUT2D eigenvalue weighted by Crippen LogP contribution is -2.56. The lowest BCUT2D eigenvalue weighted by Gasteiger charge is -2.59. The van der Waals surface area contributed by atoms with Gasteiger partial charge in [-0.3, -0.25) is 0 Å². The van der Waals surface area contributed by atoms with E-state index in [-0.39, 0.29) is 41.8 Å². The average Bonchev–Trinajstić information content (AvgIpc) is 3.46. The van der Waals surface area contributed by atoms with Crippen molar-refractivity contribution in [1.29, 1.82) is 0 Å². The molecule has 2 amide bonds. The zero-order valence-corrected chi connectivity index (χ0v) is 27.4. The van der Waals surface area contributed by atoms with E-state index in [1.807, 2.05) is 9.80 Å². The summed E-state index contributed by atoms with van der Waals surface area (Å²) in [5.74, 6) is 3.07. The van der Waals surface area contributed by atoms with Gasteiger partial charge < -0.3 is 24.0 Å². The molecule has 3 saturated heterocycles. The summed E-state index contributed by atoms with van der Waals surface area (Å²) in [6.07, 6.45) is 14.6. The summed E-state index contributed by atoms with van der Waals surface area (Å²) in [7, 11) is 0. The van der Waals surface area contributed by atoms with E-state index in [1.165, 1.54) is 51.4 Å². The number of carbonyl (C=O) groups is 2. The average molecular weight is 597 g/mol. The molecule has 0 bridgehead atoms. The van der Waals surface area contributed by atoms with Gasteiger partial charge in [0, 0.05) is 31.6 Å². The zero-order valence-electron chi connectivity index (χ0n) is 27.4. The van der Waals surface area contributed by atoms with Gasteiger partial charge in [-0.2, -0.15) is 0 Å². The molecule has 0 aromatic heterocycles. The summed E-state index contributed by atoms with van der Waals surface area (Å²) in [5, 5.41) is 0. The number of nitrogens with zero attached hydrogens (tertiary/aromatic N) is 2. The molecule has 0 aromatic carbocycles. The quantitative estimate of drug-likeness (QED) is 0.341. The van der Waals surface area contributed by atoms with Crippen LogP contribution in [0.1, 0.15) is 112 Å². The van der Waals surface area contributed by atoms with Crippen LogP contribution in [0, 0.1) is 51.2 Å². The van der Waals surface area contributed by atoms with Crippen LogP contribution in [0.25, 0.3) is 0 Å². The Labute approximate surface area is 259 Å². The van der Waals surface area contributed by atoms with Gasteiger partial charge in [0.1, 0.15) is 12.2 Å². The van der Waals surface area contributed by atoms with Gasteiger partial charge in [-0.05, 0) is 123 Å². The number of hydrogen-bond donors (Lipinski definition) is 0. The van der Waals surface area contributed by atoms with Crippen molar-refractivity contribution in [1.82, 2.24) is 9.80 Å². The molecule has 43 heavy (non-hydrogen) atoms. The highest BCUT2D eigenvalue weighted by Gasteiger charge is 2.81. The van der Waals surface area contributed by atoms with Crippen LogP contribution >= 0.6 is 0 Å². The Bertz CT molecular complexity index is 1150. The SMILES string of the molecule is CC(C)[C@@H](OC(=O)N1CCC1)C1CCC2C(CC3C4CC[C@H]5C(C)(C)[C@@H](OC(=O)N6CCC6)CC[C@@]56C[C@@]46CC[C@]23C)O1. The summed E-state index contributed by atoms with van der Waals surface area (Å²) in [4.78, 5) is 29.3. The van der Waals surface area contributed by atoms with Crippen molar-refractivity contribution in [2.75, 3.05) is 26.2 Å². The second-order valence-corrected chi connectivity index (χ2v) is 17.5. The first-order chi connectivity index (χ1) is 20.5. The zero-order chi connectivity index (χ0) is 29.9. The molecular formula is C36H56N2O5. The number of ether oxygens (including phenoxy) is 3. The molecule has 7 heteroatoms. The molecule has 0 aromatic rings. The van der Waals surface area contributed by atoms with Crippen LogP contribution in [0.5, 0.6) is 0 Å². The first-order valence-corrected chi connectivity index (χ1v) is 18.1. The molecule has 8 rings (SSSR count). The molecule has 240 valence electrons. The van der Waals surface area contributed by atoms with E-state index >= 15 is 0 Å². The lowest BCUT2D eigenvalue weighted by molar-refractivity contribution is -0.151. The third-order valence-electron chi connectivity index (χ3n) is 15.3. The van der Waals surface area contributed by atoms with Crippen LogP contribution in [0.3, 0.4) is 0 Å². The van der Waals surface area contributed by atoms with Gasteiger partial charge in [0.25, 0.3) is 0 Å². The van der Waals surface area contributed by atoms with Gasteiger partial charge in [0.15, 0.2) is 0 Å². The Hall–Kier alpha value is -1.50. The smallest absolute Gasteiger partial charge is 0.410 e. The van der Waals surface area contributed by atoms with Crippen molar-refractivity contribution >= 4 is 12.2 Å². The number of fused-ring (bicyclic) bond motifs is 4. The molecule has 8 fully saturated rings. The highest BCUT2D eigenvalue weighted by molar-refractivity contribution is 5.69. The first kappa shape index (κ1) is 28.9. The Morgan fingerprint density at radius 2 is 1.49 bits per heavy atom. The topological polar surface area (TPSA) is 68.3 Å². The van der Waals surface area contributed by atoms with Crippen LogP contribution < -0.4 is 0 Å². The molecule has 5 saturated carbocycles. The van der Waals surface area contributed by atoms with Crippen molar-refractivity contribution in [3.05, 3.63) is 0 Å². The van der Waals surface area contributed by atoms with E-state index in [1.54, 1.807) is 0 Å². The van der Waals surface area contributed by atoms with E-state index in [2.05, 4.69) is 34.6 Å². The molecule has 7 nitrogen and oxygen atoms in total. The van der Waals surface area contributed by atoms with Crippen molar-refractivity contribution in [2.45, 2.75) is 136 Å². The Balaban J connectivity index is 0.975. The van der Waals surface area contributed by atoms with Gasteiger partial charge in [-0.1, -0.05) is 34.6 Å². The van der Waals surface area contributed by atoms with Crippen LogP contribution in [0.4, 0.5) is 9.59 Å². The Kier molecular flexibility index (Phi) is 6.56. The van der Waals surface area contributed by atoms with Crippen LogP contribution in [-0.4, -0.2) is 72.6 Å². The number of rotatable bonds is 4. The number of amides is 2. The maximum Gasteiger partial charge on any atom is 0.410 e. The third kappa shape index (κ3) is 4.00. The molecule has 5 aliphatic carbocycles. The molecule has 3 heterocycles. The lowest BCUT2D eigenvalue weighted by atomic mass is 9.46. The van der Waals surface area contributed by atoms with Crippen molar-refractivity contribution < 1.29 is 23.8 Å². The highest BCUT2D eigenvalue weighted by Crippen LogP contribution is 2.87. The summed E-state index contributed by atoms with van der Waals surface area (Å²) in [6, 6.07) is 0. The molecule has 3 aliphatic heterocycles. The highest BCUT2D eigenvalue weighted by atomic mass is 16.6. The van der Waals surface area contributed by atoms with Crippen LogP contribution in [0.2, 0.25) is 0 Å². The number of carbonyl (C=O) groups excluding carboxylic acids is 2. The van der Waals surface area contributed by atoms with Gasteiger partial charge in [0.05, 0.1) is 12.2 Å². The van der Waals surface area contributed by atoms with Gasteiger partial charge in [-0.15, -0.1) is 0 Å². The Morgan fingerprint density at radius 1 is 0.791 bits per heavy atom. The van der Waals surface area contributed by atoms with Gasteiger partial charge >= 0.3 is 12.2 Å². The second-order valence-electron chi connectivity index (χ2n) is 17.5. The fourth-order valence-corrected chi connectivity index (χ4v) is 12.7. The molecule has 11 atom stereocenters.